The maximum Gasteiger partial charge on any atom is 0.119 e. The van der Waals surface area contributed by atoms with Crippen molar-refractivity contribution in [2.24, 2.45) is 0 Å². The van der Waals surface area contributed by atoms with E-state index in [1.807, 2.05) is 12.1 Å². The molecule has 0 atom stereocenters. The summed E-state index contributed by atoms with van der Waals surface area (Å²) in [6.07, 6.45) is 1.93. The molecule has 3 rings (SSSR count). The Bertz CT molecular complexity index is 677. The summed E-state index contributed by atoms with van der Waals surface area (Å²) in [5.74, 6) is 0.421. The van der Waals surface area contributed by atoms with Crippen molar-refractivity contribution in [1.29, 1.82) is 0 Å². The molecule has 0 aliphatic heterocycles. The predicted octanol–water partition coefficient (Wildman–Crippen LogP) is 4.12. The summed E-state index contributed by atoms with van der Waals surface area (Å²) in [5.41, 5.74) is 6.25. The lowest BCUT2D eigenvalue weighted by molar-refractivity contribution is 0.437. The zero-order valence-electron chi connectivity index (χ0n) is 13.0. The molecule has 0 radical (unpaired) electrons. The highest BCUT2D eigenvalue weighted by molar-refractivity contribution is 5.86. The fourth-order valence-corrected chi connectivity index (χ4v) is 3.17. The smallest absolute Gasteiger partial charge is 0.119 e. The molecule has 2 nitrogen and oxygen atoms in total. The van der Waals surface area contributed by atoms with Crippen LogP contribution in [-0.4, -0.2) is 30.6 Å². The molecule has 22 heavy (non-hydrogen) atoms. The van der Waals surface area contributed by atoms with Crippen LogP contribution in [0.1, 0.15) is 23.1 Å². The summed E-state index contributed by atoms with van der Waals surface area (Å²) >= 11 is 0. The van der Waals surface area contributed by atoms with Gasteiger partial charge in [0, 0.05) is 12.1 Å². The fraction of sp³-hybridized carbons (Fsp3) is 0.263. The summed E-state index contributed by atoms with van der Waals surface area (Å²) in [6, 6.07) is 16.4. The molecule has 0 amide bonds. The van der Waals surface area contributed by atoms with E-state index in [1.54, 1.807) is 6.07 Å². The third-order valence-corrected chi connectivity index (χ3v) is 4.02. The number of hydrogen-bond acceptors (Lipinski definition) is 2. The minimum absolute atomic E-state index is 0. The van der Waals surface area contributed by atoms with Crippen LogP contribution in [-0.2, 0) is 6.42 Å². The van der Waals surface area contributed by atoms with Crippen LogP contribution in [0, 0.1) is 0 Å². The molecule has 0 saturated carbocycles. The zero-order valence-corrected chi connectivity index (χ0v) is 13.9. The number of fused-ring (bicyclic) bond motifs is 1. The van der Waals surface area contributed by atoms with Crippen molar-refractivity contribution < 1.29 is 5.11 Å². The van der Waals surface area contributed by atoms with Crippen molar-refractivity contribution in [1.82, 2.24) is 4.90 Å². The topological polar surface area (TPSA) is 23.5 Å². The molecule has 3 heteroatoms. The second-order valence-electron chi connectivity index (χ2n) is 5.89. The minimum Gasteiger partial charge on any atom is -0.508 e. The third-order valence-electron chi connectivity index (χ3n) is 4.02. The minimum atomic E-state index is 0. The Kier molecular flexibility index (Phi) is 5.28. The fourth-order valence-electron chi connectivity index (χ4n) is 3.17. The Balaban J connectivity index is 0.00000176. The van der Waals surface area contributed by atoms with Crippen molar-refractivity contribution >= 4 is 18.0 Å². The van der Waals surface area contributed by atoms with Gasteiger partial charge in [-0.3, -0.25) is 0 Å². The van der Waals surface area contributed by atoms with E-state index < -0.39 is 0 Å². The number of hydrogen-bond donors (Lipinski definition) is 1. The van der Waals surface area contributed by atoms with Gasteiger partial charge in [0.2, 0.25) is 0 Å². The Morgan fingerprint density at radius 3 is 2.36 bits per heavy atom. The van der Waals surface area contributed by atoms with Crippen LogP contribution in [0.2, 0.25) is 0 Å². The summed E-state index contributed by atoms with van der Waals surface area (Å²) in [4.78, 5) is 2.21. The first-order valence-corrected chi connectivity index (χ1v) is 7.40. The number of nitrogens with zero attached hydrogens (tertiary/aromatic N) is 1. The van der Waals surface area contributed by atoms with Gasteiger partial charge in [0.15, 0.2) is 0 Å². The normalized spacial score (nSPS) is 13.8. The highest BCUT2D eigenvalue weighted by Gasteiger charge is 2.22. The number of likely N-dealkylation sites (N-methyl/N-ethyl adjacent to an activating group) is 1. The number of aromatic hydroxyl groups is 1. The number of phenols is 1. The van der Waals surface area contributed by atoms with Gasteiger partial charge in [-0.2, -0.15) is 0 Å². The first-order valence-electron chi connectivity index (χ1n) is 7.40. The molecule has 0 bridgehead atoms. The van der Waals surface area contributed by atoms with Crippen LogP contribution in [0.4, 0.5) is 0 Å². The van der Waals surface area contributed by atoms with Crippen molar-refractivity contribution in [2.75, 3.05) is 20.6 Å². The van der Waals surface area contributed by atoms with Crippen molar-refractivity contribution in [2.45, 2.75) is 12.8 Å². The van der Waals surface area contributed by atoms with Crippen LogP contribution in [0.3, 0.4) is 0 Å². The molecule has 0 spiro atoms. The van der Waals surface area contributed by atoms with Gasteiger partial charge in [0.1, 0.15) is 5.75 Å². The van der Waals surface area contributed by atoms with Crippen LogP contribution in [0.5, 0.6) is 5.75 Å². The number of phenolic OH excluding ortho intramolecular Hbond substituents is 1. The van der Waals surface area contributed by atoms with Crippen LogP contribution < -0.4 is 0 Å². The largest absolute Gasteiger partial charge is 0.508 e. The highest BCUT2D eigenvalue weighted by atomic mass is 35.5. The van der Waals surface area contributed by atoms with Gasteiger partial charge < -0.3 is 10.0 Å². The maximum atomic E-state index is 10.2. The van der Waals surface area contributed by atoms with E-state index in [-0.39, 0.29) is 12.4 Å². The molecule has 0 saturated heterocycles. The molecule has 1 aliphatic carbocycles. The van der Waals surface area contributed by atoms with Crippen molar-refractivity contribution in [3.8, 4) is 5.75 Å². The standard InChI is InChI=1S/C19H21NO.ClH/c1-20(2)13-15-11-12-16-17(9-6-10-18(16)21)19(15)14-7-4-3-5-8-14;/h3-10,21H,11-13H2,1-2H3;1H. The Labute approximate surface area is 138 Å². The molecule has 1 aliphatic rings. The van der Waals surface area contributed by atoms with Crippen LogP contribution in [0.15, 0.2) is 54.1 Å². The summed E-state index contributed by atoms with van der Waals surface area (Å²) in [5, 5.41) is 10.2. The van der Waals surface area contributed by atoms with E-state index in [4.69, 9.17) is 0 Å². The number of benzene rings is 2. The predicted molar refractivity (Wildman–Crippen MR) is 94.7 cm³/mol. The zero-order chi connectivity index (χ0) is 14.8. The van der Waals surface area contributed by atoms with Gasteiger partial charge >= 0.3 is 0 Å². The molecule has 0 fully saturated rings. The summed E-state index contributed by atoms with van der Waals surface area (Å²) in [7, 11) is 4.21. The number of halogens is 1. The molecule has 2 aromatic rings. The van der Waals surface area contributed by atoms with E-state index in [2.05, 4.69) is 49.3 Å². The molecule has 116 valence electrons. The molecular formula is C19H22ClNO. The Morgan fingerprint density at radius 2 is 1.68 bits per heavy atom. The first-order chi connectivity index (χ1) is 10.2. The SMILES string of the molecule is CN(C)CC1=C(c2ccccc2)c2cccc(O)c2CC1.Cl. The lowest BCUT2D eigenvalue weighted by Gasteiger charge is -2.26. The van der Waals surface area contributed by atoms with Gasteiger partial charge in [-0.15, -0.1) is 12.4 Å². The van der Waals surface area contributed by atoms with E-state index in [1.165, 1.54) is 22.3 Å². The summed E-state index contributed by atoms with van der Waals surface area (Å²) in [6.45, 7) is 0.958. The maximum absolute atomic E-state index is 10.2. The molecule has 0 heterocycles. The lowest BCUT2D eigenvalue weighted by atomic mass is 9.81. The lowest BCUT2D eigenvalue weighted by Crippen LogP contribution is -2.19. The number of rotatable bonds is 3. The molecule has 0 aromatic heterocycles. The van der Waals surface area contributed by atoms with Gasteiger partial charge in [-0.25, -0.2) is 0 Å². The molecule has 0 unspecified atom stereocenters. The monoisotopic (exact) mass is 315 g/mol. The third kappa shape index (κ3) is 3.18. The van der Waals surface area contributed by atoms with Gasteiger partial charge in [0.05, 0.1) is 0 Å². The van der Waals surface area contributed by atoms with Crippen molar-refractivity contribution in [3.63, 3.8) is 0 Å². The van der Waals surface area contributed by atoms with E-state index in [9.17, 15) is 5.11 Å². The van der Waals surface area contributed by atoms with E-state index >= 15 is 0 Å². The summed E-state index contributed by atoms with van der Waals surface area (Å²) < 4.78 is 0. The average molecular weight is 316 g/mol. The van der Waals surface area contributed by atoms with Crippen molar-refractivity contribution in [3.05, 3.63) is 70.8 Å². The Hall–Kier alpha value is -1.77. The van der Waals surface area contributed by atoms with Gasteiger partial charge in [-0.05, 0) is 55.3 Å². The molecule has 1 N–H and O–H groups in total. The first kappa shape index (κ1) is 16.6. The molecule has 2 aromatic carbocycles. The quantitative estimate of drug-likeness (QED) is 0.921. The van der Waals surface area contributed by atoms with Crippen LogP contribution in [0.25, 0.3) is 5.57 Å². The highest BCUT2D eigenvalue weighted by Crippen LogP contribution is 2.39. The van der Waals surface area contributed by atoms with Crippen LogP contribution >= 0.6 is 12.4 Å². The second-order valence-corrected chi connectivity index (χ2v) is 5.89. The Morgan fingerprint density at radius 1 is 0.955 bits per heavy atom. The van der Waals surface area contributed by atoms with Gasteiger partial charge in [-0.1, -0.05) is 42.5 Å². The second kappa shape index (κ2) is 6.99. The van der Waals surface area contributed by atoms with E-state index in [0.717, 1.165) is 24.9 Å². The van der Waals surface area contributed by atoms with E-state index in [0.29, 0.717) is 5.75 Å². The molecular weight excluding hydrogens is 294 g/mol. The average Bonchev–Trinajstić information content (AvgIpc) is 2.47. The van der Waals surface area contributed by atoms with Gasteiger partial charge in [0.25, 0.3) is 0 Å².